The van der Waals surface area contributed by atoms with Crippen LogP contribution >= 0.6 is 22.7 Å². The van der Waals surface area contributed by atoms with E-state index in [1.54, 1.807) is 28.5 Å². The highest BCUT2D eigenvalue weighted by molar-refractivity contribution is 7.16. The van der Waals surface area contributed by atoms with Crippen LogP contribution in [-0.4, -0.2) is 34.0 Å². The van der Waals surface area contributed by atoms with E-state index >= 15 is 0 Å². The predicted octanol–water partition coefficient (Wildman–Crippen LogP) is 4.00. The van der Waals surface area contributed by atoms with Crippen LogP contribution in [0.5, 0.6) is 0 Å². The maximum atomic E-state index is 12.6. The molecule has 0 radical (unpaired) electrons. The SMILES string of the molecule is O=C(CCC(=O)N1CCc2nc(NC(=O)c3ccsc3)sc2C1)c1ccccc1. The molecule has 1 aliphatic rings. The highest BCUT2D eigenvalue weighted by Crippen LogP contribution is 2.29. The van der Waals surface area contributed by atoms with Crippen molar-refractivity contribution in [2.75, 3.05) is 11.9 Å². The van der Waals surface area contributed by atoms with Crippen LogP contribution in [0.1, 0.15) is 44.1 Å². The number of carbonyl (C=O) groups excluding carboxylic acids is 3. The van der Waals surface area contributed by atoms with Crippen molar-refractivity contribution in [1.29, 1.82) is 0 Å². The first kappa shape index (κ1) is 19.5. The number of thiazole rings is 1. The van der Waals surface area contributed by atoms with Crippen LogP contribution in [-0.2, 0) is 17.8 Å². The zero-order valence-electron chi connectivity index (χ0n) is 15.6. The topological polar surface area (TPSA) is 79.4 Å². The number of hydrogen-bond acceptors (Lipinski definition) is 6. The van der Waals surface area contributed by atoms with Gasteiger partial charge in [0.25, 0.3) is 5.91 Å². The van der Waals surface area contributed by atoms with Crippen molar-refractivity contribution in [3.8, 4) is 0 Å². The molecule has 148 valence electrons. The molecule has 29 heavy (non-hydrogen) atoms. The van der Waals surface area contributed by atoms with Crippen molar-refractivity contribution >= 4 is 45.4 Å². The first-order valence-electron chi connectivity index (χ1n) is 9.28. The third kappa shape index (κ3) is 4.60. The minimum Gasteiger partial charge on any atom is -0.337 e. The van der Waals surface area contributed by atoms with Crippen LogP contribution in [0.3, 0.4) is 0 Å². The van der Waals surface area contributed by atoms with Gasteiger partial charge in [-0.2, -0.15) is 11.3 Å². The normalized spacial score (nSPS) is 13.0. The number of benzene rings is 1. The summed E-state index contributed by atoms with van der Waals surface area (Å²) in [6.07, 6.45) is 1.05. The lowest BCUT2D eigenvalue weighted by atomic mass is 10.1. The second kappa shape index (κ2) is 8.67. The van der Waals surface area contributed by atoms with E-state index in [1.807, 2.05) is 23.6 Å². The summed E-state index contributed by atoms with van der Waals surface area (Å²) in [5, 5.41) is 7.03. The lowest BCUT2D eigenvalue weighted by Crippen LogP contribution is -2.35. The van der Waals surface area contributed by atoms with Crippen LogP contribution in [0.4, 0.5) is 5.13 Å². The van der Waals surface area contributed by atoms with Gasteiger partial charge < -0.3 is 4.90 Å². The molecule has 2 amide bonds. The number of fused-ring (bicyclic) bond motifs is 1. The van der Waals surface area contributed by atoms with Crippen LogP contribution in [0.25, 0.3) is 0 Å². The third-order valence-corrected chi connectivity index (χ3v) is 6.43. The van der Waals surface area contributed by atoms with Crippen LogP contribution in [0.2, 0.25) is 0 Å². The third-order valence-electron chi connectivity index (χ3n) is 4.75. The molecule has 0 atom stereocenters. The summed E-state index contributed by atoms with van der Waals surface area (Å²) >= 11 is 2.87. The Hall–Kier alpha value is -2.84. The molecule has 3 heterocycles. The quantitative estimate of drug-likeness (QED) is 0.606. The Balaban J connectivity index is 1.33. The zero-order chi connectivity index (χ0) is 20.2. The first-order chi connectivity index (χ1) is 14.1. The van der Waals surface area contributed by atoms with Gasteiger partial charge in [-0.25, -0.2) is 4.98 Å². The van der Waals surface area contributed by atoms with E-state index in [2.05, 4.69) is 10.3 Å². The van der Waals surface area contributed by atoms with Crippen LogP contribution in [0, 0.1) is 0 Å². The van der Waals surface area contributed by atoms with Crippen LogP contribution in [0.15, 0.2) is 47.2 Å². The molecule has 0 saturated heterocycles. The largest absolute Gasteiger partial charge is 0.337 e. The molecule has 4 rings (SSSR count). The van der Waals surface area contributed by atoms with E-state index in [1.165, 1.54) is 22.7 Å². The standard InChI is InChI=1S/C21H19N3O3S2/c25-17(14-4-2-1-3-5-14)6-7-19(26)24-10-8-16-18(12-24)29-21(22-16)23-20(27)15-9-11-28-13-15/h1-5,9,11,13H,6-8,10,12H2,(H,22,23,27). The molecule has 8 heteroatoms. The van der Waals surface area contributed by atoms with E-state index in [0.29, 0.717) is 35.8 Å². The minimum atomic E-state index is -0.176. The molecule has 2 aromatic heterocycles. The lowest BCUT2D eigenvalue weighted by Gasteiger charge is -2.26. The summed E-state index contributed by atoms with van der Waals surface area (Å²) < 4.78 is 0. The van der Waals surface area contributed by atoms with Gasteiger partial charge in [-0.3, -0.25) is 19.7 Å². The summed E-state index contributed by atoms with van der Waals surface area (Å²) in [6, 6.07) is 10.8. The van der Waals surface area contributed by atoms with Crippen molar-refractivity contribution in [2.45, 2.75) is 25.8 Å². The van der Waals surface area contributed by atoms with Gasteiger partial charge in [0.05, 0.1) is 17.8 Å². The molecule has 6 nitrogen and oxygen atoms in total. The Morgan fingerprint density at radius 3 is 2.66 bits per heavy atom. The molecular formula is C21H19N3O3S2. The number of Topliss-reactive ketones (excluding diaryl/α,β-unsaturated/α-hetero) is 1. The van der Waals surface area contributed by atoms with Gasteiger partial charge in [0.2, 0.25) is 5.91 Å². The number of hydrogen-bond donors (Lipinski definition) is 1. The number of carbonyl (C=O) groups is 3. The smallest absolute Gasteiger partial charge is 0.258 e. The number of anilines is 1. The molecule has 3 aromatic rings. The fraction of sp³-hybridized carbons (Fsp3) is 0.238. The highest BCUT2D eigenvalue weighted by Gasteiger charge is 2.25. The van der Waals surface area contributed by atoms with Gasteiger partial charge >= 0.3 is 0 Å². The number of amides is 2. The van der Waals surface area contributed by atoms with E-state index in [0.717, 1.165) is 10.6 Å². The highest BCUT2D eigenvalue weighted by atomic mass is 32.1. The molecule has 0 unspecified atom stereocenters. The number of aromatic nitrogens is 1. The molecule has 1 aromatic carbocycles. The first-order valence-corrected chi connectivity index (χ1v) is 11.0. The maximum Gasteiger partial charge on any atom is 0.258 e. The number of ketones is 1. The van der Waals surface area contributed by atoms with E-state index in [9.17, 15) is 14.4 Å². The van der Waals surface area contributed by atoms with Gasteiger partial charge in [0.1, 0.15) is 0 Å². The van der Waals surface area contributed by atoms with Gasteiger partial charge in [-0.1, -0.05) is 41.7 Å². The molecule has 0 fully saturated rings. The number of rotatable bonds is 6. The average Bonchev–Trinajstić information content (AvgIpc) is 3.41. The van der Waals surface area contributed by atoms with Crippen molar-refractivity contribution in [2.24, 2.45) is 0 Å². The summed E-state index contributed by atoms with van der Waals surface area (Å²) in [5.74, 6) is -0.227. The fourth-order valence-electron chi connectivity index (χ4n) is 3.17. The van der Waals surface area contributed by atoms with Gasteiger partial charge in [0, 0.05) is 41.6 Å². The van der Waals surface area contributed by atoms with Gasteiger partial charge in [-0.15, -0.1) is 0 Å². The van der Waals surface area contributed by atoms with Crippen molar-refractivity contribution < 1.29 is 14.4 Å². The average molecular weight is 426 g/mol. The number of nitrogens with zero attached hydrogens (tertiary/aromatic N) is 2. The Kier molecular flexibility index (Phi) is 5.82. The summed E-state index contributed by atoms with van der Waals surface area (Å²) in [4.78, 5) is 44.2. The second-order valence-electron chi connectivity index (χ2n) is 6.71. The van der Waals surface area contributed by atoms with Crippen molar-refractivity contribution in [3.63, 3.8) is 0 Å². The Morgan fingerprint density at radius 2 is 1.90 bits per heavy atom. The minimum absolute atomic E-state index is 0.0205. The molecule has 0 bridgehead atoms. The Labute approximate surface area is 176 Å². The number of nitrogens with one attached hydrogen (secondary N) is 1. The molecular weight excluding hydrogens is 406 g/mol. The molecule has 0 aliphatic carbocycles. The monoisotopic (exact) mass is 425 g/mol. The van der Waals surface area contributed by atoms with Gasteiger partial charge in [0.15, 0.2) is 10.9 Å². The maximum absolute atomic E-state index is 12.6. The van der Waals surface area contributed by atoms with Crippen LogP contribution < -0.4 is 5.32 Å². The molecule has 1 aliphatic heterocycles. The summed E-state index contributed by atoms with van der Waals surface area (Å²) in [6.45, 7) is 1.05. The number of thiophene rings is 1. The van der Waals surface area contributed by atoms with E-state index in [4.69, 9.17) is 0 Å². The zero-order valence-corrected chi connectivity index (χ0v) is 17.2. The predicted molar refractivity (Wildman–Crippen MR) is 114 cm³/mol. The second-order valence-corrected chi connectivity index (χ2v) is 8.57. The molecule has 1 N–H and O–H groups in total. The van der Waals surface area contributed by atoms with E-state index in [-0.39, 0.29) is 30.4 Å². The van der Waals surface area contributed by atoms with Crippen molar-refractivity contribution in [1.82, 2.24) is 9.88 Å². The Morgan fingerprint density at radius 1 is 1.07 bits per heavy atom. The van der Waals surface area contributed by atoms with Crippen molar-refractivity contribution in [3.05, 3.63) is 68.9 Å². The lowest BCUT2D eigenvalue weighted by molar-refractivity contribution is -0.132. The molecule has 0 saturated carbocycles. The van der Waals surface area contributed by atoms with E-state index < -0.39 is 0 Å². The Bertz CT molecular complexity index is 1030. The summed E-state index contributed by atoms with van der Waals surface area (Å²) in [5.41, 5.74) is 2.18. The molecule has 0 spiro atoms. The van der Waals surface area contributed by atoms with Gasteiger partial charge in [-0.05, 0) is 11.4 Å². The summed E-state index contributed by atoms with van der Waals surface area (Å²) in [7, 11) is 0. The fourth-order valence-corrected chi connectivity index (χ4v) is 4.83.